The Bertz CT molecular complexity index is 3500. The zero-order valence-corrected chi connectivity index (χ0v) is 57.4. The maximum absolute atomic E-state index is 13.7. The highest BCUT2D eigenvalue weighted by atomic mass is 16.5. The van der Waals surface area contributed by atoms with Crippen LogP contribution in [0.15, 0.2) is 97.1 Å². The van der Waals surface area contributed by atoms with Gasteiger partial charge in [0, 0.05) is 95.9 Å². The van der Waals surface area contributed by atoms with Crippen LogP contribution in [0.1, 0.15) is 227 Å². The summed E-state index contributed by atoms with van der Waals surface area (Å²) in [5, 5.41) is 0. The monoisotopic (exact) mass is 1300 g/mol. The number of hydrogen-bond donors (Lipinski definition) is 0. The zero-order valence-electron chi connectivity index (χ0n) is 57.4. The van der Waals surface area contributed by atoms with Gasteiger partial charge in [0.1, 0.15) is 46.0 Å². The van der Waals surface area contributed by atoms with E-state index in [1.807, 2.05) is 0 Å². The van der Waals surface area contributed by atoms with E-state index in [0.29, 0.717) is 180 Å². The van der Waals surface area contributed by atoms with Gasteiger partial charge in [-0.1, -0.05) is 0 Å². The summed E-state index contributed by atoms with van der Waals surface area (Å²) in [5.74, 6) is 1.52. The van der Waals surface area contributed by atoms with Crippen LogP contribution in [0.25, 0.3) is 0 Å². The standard InChI is InChI=1S/C80H80O16/c1-41(81)49-17-57-33-59-19-50(42(2)82)21-61(74(59)90-10)35-63-23-52(44(4)84)25-65(76(63)92-12)37-67-27-54(46(6)86)29-69(78(67)94-14)39-71-31-56(48(8)88)32-72(80(71)96-16)40-70-30-55(47(7)87)28-68(79(70)95-15)38-66-26-53(45(5)85)24-64(77(66)93-13)36-62-22-51(43(3)83)20-60(75(62)91-11)34-58(18-49)73(57)89-9/h17-32H,33-40H2,1-16H3. The first kappa shape index (κ1) is 69.9. The molecule has 0 saturated carbocycles. The summed E-state index contributed by atoms with van der Waals surface area (Å²) in [4.78, 5) is 109. The Labute approximate surface area is 560 Å². The van der Waals surface area contributed by atoms with Gasteiger partial charge in [-0.05, 0) is 241 Å². The Morgan fingerprint density at radius 1 is 0.177 bits per heavy atom. The maximum Gasteiger partial charge on any atom is 0.159 e. The van der Waals surface area contributed by atoms with Crippen LogP contribution in [0.4, 0.5) is 0 Å². The van der Waals surface area contributed by atoms with Crippen molar-refractivity contribution in [1.82, 2.24) is 0 Å². The lowest BCUT2D eigenvalue weighted by molar-refractivity contribution is 0.100. The third kappa shape index (κ3) is 14.6. The minimum absolute atomic E-state index is 0.0992. The molecule has 0 amide bonds. The Kier molecular flexibility index (Phi) is 21.4. The highest BCUT2D eigenvalue weighted by Crippen LogP contribution is 2.44. The van der Waals surface area contributed by atoms with Crippen LogP contribution in [0.5, 0.6) is 46.0 Å². The minimum atomic E-state index is -0.234. The summed E-state index contributed by atoms with van der Waals surface area (Å²) in [6.07, 6.45) is 0.794. The SMILES string of the molecule is COc1c2cc(C(C)=O)cc1Cc1cc(C(C)=O)cc(c1OC)Cc1cc(C(C)=O)cc(c1OC)Cc1cc(C(C)=O)cc(c1OC)Cc1cc(C(C)=O)cc(c1OC)Cc1cc(C(C)=O)cc(c1OC)Cc1cc(C(C)=O)cc(c1OC)Cc1cc(C(C)=O)cc(c1OC)C2. The number of ketones is 8. The molecule has 0 fully saturated rings. The molecule has 16 heteroatoms. The number of rotatable bonds is 16. The number of carbonyl (C=O) groups excluding carboxylic acids is 8. The van der Waals surface area contributed by atoms with Gasteiger partial charge in [-0.3, -0.25) is 38.4 Å². The van der Waals surface area contributed by atoms with Gasteiger partial charge in [0.05, 0.1) is 56.9 Å². The fourth-order valence-corrected chi connectivity index (χ4v) is 13.5. The first-order chi connectivity index (χ1) is 45.8. The van der Waals surface area contributed by atoms with Crippen molar-refractivity contribution in [1.29, 1.82) is 0 Å². The van der Waals surface area contributed by atoms with Crippen molar-refractivity contribution in [2.45, 2.75) is 107 Å². The van der Waals surface area contributed by atoms with Crippen LogP contribution in [-0.2, 0) is 51.4 Å². The van der Waals surface area contributed by atoms with Crippen LogP contribution in [0.3, 0.4) is 0 Å². The Balaban J connectivity index is 1.37. The molecular weight excluding hydrogens is 1220 g/mol. The summed E-state index contributed by atoms with van der Waals surface area (Å²) in [6.45, 7) is 11.7. The molecule has 496 valence electrons. The van der Waals surface area contributed by atoms with Crippen molar-refractivity contribution in [3.63, 3.8) is 0 Å². The average molecular weight is 1300 g/mol. The van der Waals surface area contributed by atoms with E-state index in [-0.39, 0.29) is 97.6 Å². The lowest BCUT2D eigenvalue weighted by Gasteiger charge is -2.22. The van der Waals surface area contributed by atoms with E-state index in [9.17, 15) is 38.4 Å². The van der Waals surface area contributed by atoms with Crippen molar-refractivity contribution in [3.8, 4) is 46.0 Å². The topological polar surface area (TPSA) is 210 Å². The quantitative estimate of drug-likeness (QED) is 0.0823. The third-order valence-corrected chi connectivity index (χ3v) is 17.9. The number of fused-ring (bicyclic) bond motifs is 16. The second kappa shape index (κ2) is 29.4. The van der Waals surface area contributed by atoms with Crippen molar-refractivity contribution < 1.29 is 76.3 Å². The Morgan fingerprint density at radius 3 is 0.302 bits per heavy atom. The molecule has 16 nitrogen and oxygen atoms in total. The molecule has 1 aliphatic carbocycles. The average Bonchev–Trinajstić information content (AvgIpc) is 0.790. The van der Waals surface area contributed by atoms with Gasteiger partial charge in [0.2, 0.25) is 0 Å². The number of carbonyl (C=O) groups is 8. The second-order valence-corrected chi connectivity index (χ2v) is 24.5. The normalized spacial score (nSPS) is 12.2. The highest BCUT2D eigenvalue weighted by molar-refractivity contribution is 5.99. The highest BCUT2D eigenvalue weighted by Gasteiger charge is 2.29. The van der Waals surface area contributed by atoms with Crippen LogP contribution < -0.4 is 37.9 Å². The van der Waals surface area contributed by atoms with Crippen molar-refractivity contribution in [2.75, 3.05) is 56.9 Å². The predicted molar refractivity (Wildman–Crippen MR) is 366 cm³/mol. The van der Waals surface area contributed by atoms with Gasteiger partial charge in [0.25, 0.3) is 0 Å². The number of Topliss-reactive ketones (excluding diaryl/α,β-unsaturated/α-hetero) is 8. The molecule has 0 aliphatic heterocycles. The second-order valence-electron chi connectivity index (χ2n) is 24.5. The van der Waals surface area contributed by atoms with E-state index in [1.54, 1.807) is 97.1 Å². The molecule has 1 aliphatic rings. The molecule has 9 rings (SSSR count). The molecule has 96 heavy (non-hydrogen) atoms. The molecule has 0 atom stereocenters. The van der Waals surface area contributed by atoms with Gasteiger partial charge < -0.3 is 37.9 Å². The summed E-state index contributed by atoms with van der Waals surface area (Å²) in [6, 6.07) is 28.1. The first-order valence-corrected chi connectivity index (χ1v) is 31.4. The minimum Gasteiger partial charge on any atom is -0.496 e. The predicted octanol–water partition coefficient (Wildman–Crippen LogP) is 14.4. The van der Waals surface area contributed by atoms with Crippen molar-refractivity contribution >= 4 is 46.3 Å². The number of ether oxygens (including phenoxy) is 8. The molecular formula is C80H80O16. The van der Waals surface area contributed by atoms with Crippen LogP contribution >= 0.6 is 0 Å². The van der Waals surface area contributed by atoms with E-state index in [4.69, 9.17) is 37.9 Å². The molecule has 0 radical (unpaired) electrons. The fraction of sp³-hybridized carbons (Fsp3) is 0.300. The number of methoxy groups -OCH3 is 8. The van der Waals surface area contributed by atoms with E-state index in [2.05, 4.69) is 0 Å². The summed E-state index contributed by atoms with van der Waals surface area (Å²) < 4.78 is 50.5. The molecule has 0 N–H and O–H groups in total. The summed E-state index contributed by atoms with van der Waals surface area (Å²) >= 11 is 0. The number of hydrogen-bond acceptors (Lipinski definition) is 16. The van der Waals surface area contributed by atoms with Gasteiger partial charge in [-0.15, -0.1) is 0 Å². The number of benzene rings is 8. The largest absolute Gasteiger partial charge is 0.496 e. The fourth-order valence-electron chi connectivity index (χ4n) is 13.5. The van der Waals surface area contributed by atoms with Crippen LogP contribution in [-0.4, -0.2) is 103 Å². The lowest BCUT2D eigenvalue weighted by Crippen LogP contribution is -2.10. The zero-order chi connectivity index (χ0) is 69.7. The Hall–Kier alpha value is -10.5. The van der Waals surface area contributed by atoms with E-state index >= 15 is 0 Å². The van der Waals surface area contributed by atoms with Gasteiger partial charge in [-0.2, -0.15) is 0 Å². The molecule has 0 spiro atoms. The Morgan fingerprint density at radius 2 is 0.250 bits per heavy atom. The van der Waals surface area contributed by atoms with Gasteiger partial charge >= 0.3 is 0 Å². The van der Waals surface area contributed by atoms with Gasteiger partial charge in [0.15, 0.2) is 46.3 Å². The van der Waals surface area contributed by atoms with Crippen molar-refractivity contribution in [2.24, 2.45) is 0 Å². The molecule has 8 aromatic carbocycles. The summed E-state index contributed by atoms with van der Waals surface area (Å²) in [5.41, 5.74) is 12.2. The third-order valence-electron chi connectivity index (χ3n) is 17.9. The van der Waals surface area contributed by atoms with E-state index in [0.717, 1.165) is 0 Å². The molecule has 0 unspecified atom stereocenters. The smallest absolute Gasteiger partial charge is 0.159 e. The van der Waals surface area contributed by atoms with E-state index < -0.39 is 0 Å². The van der Waals surface area contributed by atoms with Crippen molar-refractivity contribution in [3.05, 3.63) is 231 Å². The molecule has 16 bridgehead atoms. The first-order valence-electron chi connectivity index (χ1n) is 31.4. The van der Waals surface area contributed by atoms with Crippen LogP contribution in [0.2, 0.25) is 0 Å². The molecule has 0 heterocycles. The summed E-state index contributed by atoms with van der Waals surface area (Å²) in [7, 11) is 12.3. The maximum atomic E-state index is 13.7. The molecule has 0 aromatic heterocycles. The van der Waals surface area contributed by atoms with Gasteiger partial charge in [-0.25, -0.2) is 0 Å². The van der Waals surface area contributed by atoms with E-state index in [1.165, 1.54) is 112 Å². The molecule has 0 saturated heterocycles. The lowest BCUT2D eigenvalue weighted by atomic mass is 9.87. The van der Waals surface area contributed by atoms with Crippen LogP contribution in [0, 0.1) is 0 Å². The molecule has 8 aromatic rings.